The summed E-state index contributed by atoms with van der Waals surface area (Å²) in [6, 6.07) is 2.85. The molecule has 0 saturated carbocycles. The van der Waals surface area contributed by atoms with Crippen molar-refractivity contribution in [3.63, 3.8) is 0 Å². The minimum absolute atomic E-state index is 0.0335. The maximum atomic E-state index is 11.8. The average molecular weight is 248 g/mol. The summed E-state index contributed by atoms with van der Waals surface area (Å²) in [6.45, 7) is -0.471. The molecule has 0 aromatic carbocycles. The molecule has 0 aliphatic rings. The van der Waals surface area contributed by atoms with Gasteiger partial charge in [0.1, 0.15) is 5.69 Å². The van der Waals surface area contributed by atoms with Gasteiger partial charge in [-0.25, -0.2) is 4.98 Å². The molecule has 1 rings (SSSR count). The molecule has 0 fully saturated rings. The quantitative estimate of drug-likeness (QED) is 0.549. The van der Waals surface area contributed by atoms with E-state index in [1.54, 1.807) is 0 Å². The number of nitrogens with zero attached hydrogens (tertiary/aromatic N) is 1. The van der Waals surface area contributed by atoms with Gasteiger partial charge < -0.3 is 10.7 Å². The number of nitrogens with one attached hydrogen (secondary N) is 2. The zero-order chi connectivity index (χ0) is 12.9. The van der Waals surface area contributed by atoms with Gasteiger partial charge in [0.25, 0.3) is 5.91 Å². The van der Waals surface area contributed by atoms with Gasteiger partial charge in [0.15, 0.2) is 0 Å². The summed E-state index contributed by atoms with van der Waals surface area (Å²) in [5.41, 5.74) is 2.84. The lowest BCUT2D eigenvalue weighted by Gasteiger charge is -2.07. The van der Waals surface area contributed by atoms with Gasteiger partial charge in [-0.2, -0.15) is 13.2 Å². The number of nitrogen functional groups attached to an aromatic ring is 1. The predicted molar refractivity (Wildman–Crippen MR) is 55.1 cm³/mol. The zero-order valence-electron chi connectivity index (χ0n) is 8.71. The molecule has 8 heteroatoms. The molecule has 0 radical (unpaired) electrons. The van der Waals surface area contributed by atoms with Crippen LogP contribution in [0.25, 0.3) is 0 Å². The third-order valence-corrected chi connectivity index (χ3v) is 1.86. The van der Waals surface area contributed by atoms with Gasteiger partial charge in [0, 0.05) is 6.54 Å². The maximum absolute atomic E-state index is 11.8. The van der Waals surface area contributed by atoms with E-state index in [2.05, 4.69) is 15.7 Å². The number of anilines is 1. The van der Waals surface area contributed by atoms with E-state index in [0.717, 1.165) is 0 Å². The van der Waals surface area contributed by atoms with Crippen molar-refractivity contribution in [1.82, 2.24) is 10.3 Å². The van der Waals surface area contributed by atoms with Crippen LogP contribution in [0, 0.1) is 0 Å². The summed E-state index contributed by atoms with van der Waals surface area (Å²) in [4.78, 5) is 15.1. The summed E-state index contributed by atoms with van der Waals surface area (Å²) >= 11 is 0. The highest BCUT2D eigenvalue weighted by atomic mass is 19.4. The predicted octanol–water partition coefficient (Wildman–Crippen LogP) is 1.05. The number of amides is 1. The molecule has 0 spiro atoms. The molecule has 1 aromatic rings. The van der Waals surface area contributed by atoms with Crippen LogP contribution >= 0.6 is 0 Å². The maximum Gasteiger partial charge on any atom is 0.390 e. The van der Waals surface area contributed by atoms with Crippen LogP contribution in [0.5, 0.6) is 0 Å². The molecule has 1 amide bonds. The minimum Gasteiger partial charge on any atom is -0.350 e. The largest absolute Gasteiger partial charge is 0.390 e. The Morgan fingerprint density at radius 3 is 2.59 bits per heavy atom. The molecule has 1 aromatic heterocycles. The van der Waals surface area contributed by atoms with E-state index in [-0.39, 0.29) is 5.69 Å². The highest BCUT2D eigenvalue weighted by Crippen LogP contribution is 2.18. The number of halogens is 3. The summed E-state index contributed by atoms with van der Waals surface area (Å²) in [5.74, 6) is 4.43. The third-order valence-electron chi connectivity index (χ3n) is 1.86. The van der Waals surface area contributed by atoms with Crippen molar-refractivity contribution < 1.29 is 18.0 Å². The molecule has 0 aliphatic heterocycles. The summed E-state index contributed by atoms with van der Waals surface area (Å²) in [6.07, 6.45) is -4.05. The van der Waals surface area contributed by atoms with E-state index in [4.69, 9.17) is 5.84 Å². The van der Waals surface area contributed by atoms with E-state index in [0.29, 0.717) is 5.69 Å². The van der Waals surface area contributed by atoms with E-state index >= 15 is 0 Å². The Bertz CT molecular complexity index is 377. The molecule has 0 unspecified atom stereocenters. The standard InChI is InChI=1S/C9H11F3N4O/c10-9(11,12)3-4-14-8(17)7-2-1-6(16-13)5-15-7/h1-2,5,16H,3-4,13H2,(H,14,17). The minimum atomic E-state index is -4.28. The second kappa shape index (κ2) is 5.48. The normalized spacial score (nSPS) is 11.1. The summed E-state index contributed by atoms with van der Waals surface area (Å²) in [5, 5.41) is 2.12. The van der Waals surface area contributed by atoms with E-state index < -0.39 is 25.0 Å². The first-order valence-corrected chi connectivity index (χ1v) is 4.70. The fraction of sp³-hybridized carbons (Fsp3) is 0.333. The van der Waals surface area contributed by atoms with Crippen LogP contribution in [0.2, 0.25) is 0 Å². The Morgan fingerprint density at radius 2 is 2.12 bits per heavy atom. The highest BCUT2D eigenvalue weighted by Gasteiger charge is 2.26. The number of aromatic nitrogens is 1. The Morgan fingerprint density at radius 1 is 1.41 bits per heavy atom. The van der Waals surface area contributed by atoms with Gasteiger partial charge in [0.2, 0.25) is 0 Å². The lowest BCUT2D eigenvalue weighted by Crippen LogP contribution is -2.28. The molecular weight excluding hydrogens is 237 g/mol. The van der Waals surface area contributed by atoms with Crippen LogP contribution in [0.15, 0.2) is 18.3 Å². The number of hydrazine groups is 1. The first-order valence-electron chi connectivity index (χ1n) is 4.70. The number of carbonyl (C=O) groups excluding carboxylic acids is 1. The van der Waals surface area contributed by atoms with Crippen LogP contribution in [0.1, 0.15) is 16.9 Å². The first kappa shape index (κ1) is 13.2. The number of hydrogen-bond donors (Lipinski definition) is 3. The molecule has 94 valence electrons. The van der Waals surface area contributed by atoms with Crippen molar-refractivity contribution in [2.75, 3.05) is 12.0 Å². The lowest BCUT2D eigenvalue weighted by molar-refractivity contribution is -0.132. The van der Waals surface area contributed by atoms with Crippen molar-refractivity contribution >= 4 is 11.6 Å². The number of carbonyl (C=O) groups is 1. The number of alkyl halides is 3. The molecule has 0 atom stereocenters. The van der Waals surface area contributed by atoms with Crippen LogP contribution < -0.4 is 16.6 Å². The average Bonchev–Trinajstić information content (AvgIpc) is 2.27. The lowest BCUT2D eigenvalue weighted by atomic mass is 10.3. The van der Waals surface area contributed by atoms with Crippen molar-refractivity contribution in [1.29, 1.82) is 0 Å². The molecule has 0 bridgehead atoms. The Kier molecular flexibility index (Phi) is 4.27. The Labute approximate surface area is 95.2 Å². The van der Waals surface area contributed by atoms with Crippen LogP contribution in [-0.4, -0.2) is 23.6 Å². The van der Waals surface area contributed by atoms with E-state index in [1.165, 1.54) is 18.3 Å². The third kappa shape index (κ3) is 4.68. The molecule has 0 saturated heterocycles. The van der Waals surface area contributed by atoms with E-state index in [1.807, 2.05) is 0 Å². The first-order chi connectivity index (χ1) is 7.92. The SMILES string of the molecule is NNc1ccc(C(=O)NCCC(F)(F)F)nc1. The van der Waals surface area contributed by atoms with Gasteiger partial charge >= 0.3 is 6.18 Å². The number of hydrogen-bond acceptors (Lipinski definition) is 4. The van der Waals surface area contributed by atoms with Crippen LogP contribution in [0.4, 0.5) is 18.9 Å². The van der Waals surface area contributed by atoms with Gasteiger partial charge in [-0.15, -0.1) is 0 Å². The highest BCUT2D eigenvalue weighted by molar-refractivity contribution is 5.92. The monoisotopic (exact) mass is 248 g/mol. The molecule has 4 N–H and O–H groups in total. The van der Waals surface area contributed by atoms with Crippen molar-refractivity contribution in [3.05, 3.63) is 24.0 Å². The molecule has 17 heavy (non-hydrogen) atoms. The van der Waals surface area contributed by atoms with Gasteiger partial charge in [-0.1, -0.05) is 0 Å². The van der Waals surface area contributed by atoms with Crippen molar-refractivity contribution in [2.24, 2.45) is 5.84 Å². The fourth-order valence-corrected chi connectivity index (χ4v) is 1.02. The second-order valence-corrected chi connectivity index (χ2v) is 3.20. The number of nitrogens with two attached hydrogens (primary N) is 1. The summed E-state index contributed by atoms with van der Waals surface area (Å²) in [7, 11) is 0. The van der Waals surface area contributed by atoms with Gasteiger partial charge in [0.05, 0.1) is 18.3 Å². The topological polar surface area (TPSA) is 80.0 Å². The second-order valence-electron chi connectivity index (χ2n) is 3.20. The molecule has 5 nitrogen and oxygen atoms in total. The zero-order valence-corrected chi connectivity index (χ0v) is 8.71. The molecule has 1 heterocycles. The summed E-state index contributed by atoms with van der Waals surface area (Å²) < 4.78 is 35.5. The van der Waals surface area contributed by atoms with Gasteiger partial charge in [-0.05, 0) is 12.1 Å². The molecular formula is C9H11F3N4O. The molecule has 0 aliphatic carbocycles. The van der Waals surface area contributed by atoms with Crippen LogP contribution in [-0.2, 0) is 0 Å². The Hall–Kier alpha value is -1.83. The Balaban J connectivity index is 2.47. The van der Waals surface area contributed by atoms with Gasteiger partial charge in [-0.3, -0.25) is 10.6 Å². The van der Waals surface area contributed by atoms with Crippen molar-refractivity contribution in [2.45, 2.75) is 12.6 Å². The van der Waals surface area contributed by atoms with E-state index in [9.17, 15) is 18.0 Å². The van der Waals surface area contributed by atoms with Crippen LogP contribution in [0.3, 0.4) is 0 Å². The smallest absolute Gasteiger partial charge is 0.350 e. The van der Waals surface area contributed by atoms with Crippen molar-refractivity contribution in [3.8, 4) is 0 Å². The number of rotatable bonds is 4. The fourth-order valence-electron chi connectivity index (χ4n) is 1.02. The number of pyridine rings is 1.